The van der Waals surface area contributed by atoms with Crippen LogP contribution in [0.4, 0.5) is 0 Å². The molecule has 124 valence electrons. The highest BCUT2D eigenvalue weighted by Crippen LogP contribution is 2.15. The lowest BCUT2D eigenvalue weighted by molar-refractivity contribution is -0.141. The lowest BCUT2D eigenvalue weighted by Crippen LogP contribution is -2.41. The average Bonchev–Trinajstić information content (AvgIpc) is 2.65. The molecular formula is C16H27N3O3. The summed E-state index contributed by atoms with van der Waals surface area (Å²) in [5, 5.41) is 16.2. The first-order valence-electron chi connectivity index (χ1n) is 7.81. The molecule has 22 heavy (non-hydrogen) atoms. The van der Waals surface area contributed by atoms with Crippen molar-refractivity contribution in [2.45, 2.75) is 66.5 Å². The van der Waals surface area contributed by atoms with Crippen LogP contribution in [0.3, 0.4) is 0 Å². The van der Waals surface area contributed by atoms with Crippen molar-refractivity contribution in [1.82, 2.24) is 15.1 Å². The zero-order chi connectivity index (χ0) is 16.9. The maximum absolute atomic E-state index is 12.1. The van der Waals surface area contributed by atoms with Gasteiger partial charge in [0.25, 0.3) is 0 Å². The molecule has 0 spiro atoms. The van der Waals surface area contributed by atoms with Crippen LogP contribution in [-0.4, -0.2) is 32.8 Å². The third kappa shape index (κ3) is 4.86. The number of aromatic nitrogens is 2. The van der Waals surface area contributed by atoms with Gasteiger partial charge in [-0.05, 0) is 26.2 Å². The van der Waals surface area contributed by atoms with Gasteiger partial charge in [0.2, 0.25) is 5.91 Å². The van der Waals surface area contributed by atoms with E-state index in [0.717, 1.165) is 23.5 Å². The second-order valence-electron chi connectivity index (χ2n) is 6.15. The summed E-state index contributed by atoms with van der Waals surface area (Å²) in [6.45, 7) is 10.8. The summed E-state index contributed by atoms with van der Waals surface area (Å²) in [6, 6.07) is -0.816. The number of carboxylic acids is 1. The molecule has 0 aromatic carbocycles. The Morgan fingerprint density at radius 3 is 2.45 bits per heavy atom. The van der Waals surface area contributed by atoms with Crippen LogP contribution in [-0.2, 0) is 22.6 Å². The highest BCUT2D eigenvalue weighted by Gasteiger charge is 2.21. The SMILES string of the molecule is CCCC(NC(=O)Cc1c(C)nn(CC(C)C)c1C)C(=O)O. The Bertz CT molecular complexity index is 535. The zero-order valence-electron chi connectivity index (χ0n) is 14.1. The van der Waals surface area contributed by atoms with Crippen LogP contribution in [0.25, 0.3) is 0 Å². The van der Waals surface area contributed by atoms with Crippen molar-refractivity contribution in [3.8, 4) is 0 Å². The second kappa shape index (κ2) is 7.96. The van der Waals surface area contributed by atoms with E-state index in [1.165, 1.54) is 0 Å². The Hall–Kier alpha value is -1.85. The number of carbonyl (C=O) groups excluding carboxylic acids is 1. The van der Waals surface area contributed by atoms with Gasteiger partial charge < -0.3 is 10.4 Å². The second-order valence-corrected chi connectivity index (χ2v) is 6.15. The summed E-state index contributed by atoms with van der Waals surface area (Å²) in [7, 11) is 0. The van der Waals surface area contributed by atoms with Gasteiger partial charge >= 0.3 is 5.97 Å². The van der Waals surface area contributed by atoms with Crippen molar-refractivity contribution in [2.75, 3.05) is 0 Å². The first-order valence-corrected chi connectivity index (χ1v) is 7.81. The molecule has 1 unspecified atom stereocenters. The summed E-state index contributed by atoms with van der Waals surface area (Å²) in [5.74, 6) is -0.782. The number of nitrogens with zero attached hydrogens (tertiary/aromatic N) is 2. The summed E-state index contributed by atoms with van der Waals surface area (Å²) in [4.78, 5) is 23.2. The predicted molar refractivity (Wildman–Crippen MR) is 84.7 cm³/mol. The van der Waals surface area contributed by atoms with E-state index < -0.39 is 12.0 Å². The van der Waals surface area contributed by atoms with Crippen molar-refractivity contribution in [2.24, 2.45) is 5.92 Å². The van der Waals surface area contributed by atoms with Crippen LogP contribution in [0, 0.1) is 19.8 Å². The van der Waals surface area contributed by atoms with E-state index in [1.54, 1.807) is 0 Å². The molecule has 2 N–H and O–H groups in total. The first kappa shape index (κ1) is 18.2. The van der Waals surface area contributed by atoms with Crippen molar-refractivity contribution < 1.29 is 14.7 Å². The van der Waals surface area contributed by atoms with E-state index in [2.05, 4.69) is 24.3 Å². The summed E-state index contributed by atoms with van der Waals surface area (Å²) < 4.78 is 1.92. The molecule has 1 heterocycles. The van der Waals surface area contributed by atoms with Crippen molar-refractivity contribution in [3.05, 3.63) is 17.0 Å². The number of amides is 1. The number of aryl methyl sites for hydroxylation is 1. The molecule has 0 radical (unpaired) electrons. The Labute approximate surface area is 131 Å². The summed E-state index contributed by atoms with van der Waals surface area (Å²) >= 11 is 0. The minimum Gasteiger partial charge on any atom is -0.480 e. The molecule has 0 aliphatic rings. The number of hydrogen-bond acceptors (Lipinski definition) is 3. The van der Waals surface area contributed by atoms with Crippen LogP contribution >= 0.6 is 0 Å². The van der Waals surface area contributed by atoms with Gasteiger partial charge in [-0.25, -0.2) is 4.79 Å². The van der Waals surface area contributed by atoms with Gasteiger partial charge in [-0.2, -0.15) is 5.10 Å². The Morgan fingerprint density at radius 2 is 1.95 bits per heavy atom. The quantitative estimate of drug-likeness (QED) is 0.770. The zero-order valence-corrected chi connectivity index (χ0v) is 14.1. The van der Waals surface area contributed by atoms with Crippen LogP contribution in [0.5, 0.6) is 0 Å². The van der Waals surface area contributed by atoms with Gasteiger partial charge in [0, 0.05) is 17.8 Å². The molecule has 1 aromatic rings. The molecule has 6 heteroatoms. The largest absolute Gasteiger partial charge is 0.480 e. The maximum Gasteiger partial charge on any atom is 0.326 e. The minimum atomic E-state index is -0.987. The minimum absolute atomic E-state index is 0.170. The van der Waals surface area contributed by atoms with Crippen molar-refractivity contribution in [1.29, 1.82) is 0 Å². The van der Waals surface area contributed by atoms with Crippen LogP contribution in [0.1, 0.15) is 50.6 Å². The molecule has 0 aliphatic heterocycles. The van der Waals surface area contributed by atoms with Gasteiger partial charge in [-0.15, -0.1) is 0 Å². The fourth-order valence-corrected chi connectivity index (χ4v) is 2.47. The van der Waals surface area contributed by atoms with E-state index in [-0.39, 0.29) is 12.3 Å². The molecule has 0 fully saturated rings. The molecule has 1 amide bonds. The normalized spacial score (nSPS) is 12.5. The van der Waals surface area contributed by atoms with E-state index in [0.29, 0.717) is 18.8 Å². The monoisotopic (exact) mass is 309 g/mol. The molecule has 0 aliphatic carbocycles. The number of aliphatic carboxylic acids is 1. The first-order chi connectivity index (χ1) is 10.3. The molecule has 0 bridgehead atoms. The highest BCUT2D eigenvalue weighted by atomic mass is 16.4. The predicted octanol–water partition coefficient (Wildman–Crippen LogP) is 2.07. The fraction of sp³-hybridized carbons (Fsp3) is 0.688. The lowest BCUT2D eigenvalue weighted by Gasteiger charge is -2.13. The van der Waals surface area contributed by atoms with Crippen LogP contribution in [0.2, 0.25) is 0 Å². The van der Waals surface area contributed by atoms with Gasteiger partial charge in [0.15, 0.2) is 0 Å². The molecule has 1 atom stereocenters. The number of carboxylic acid groups (broad SMARTS) is 1. The molecule has 1 aromatic heterocycles. The van der Waals surface area contributed by atoms with Crippen molar-refractivity contribution in [3.63, 3.8) is 0 Å². The molecular weight excluding hydrogens is 282 g/mol. The Balaban J connectivity index is 2.79. The molecule has 1 rings (SSSR count). The van der Waals surface area contributed by atoms with Gasteiger partial charge in [-0.1, -0.05) is 27.2 Å². The number of carbonyl (C=O) groups is 2. The third-order valence-electron chi connectivity index (χ3n) is 3.62. The topological polar surface area (TPSA) is 84.2 Å². The molecule has 0 saturated carbocycles. The van der Waals surface area contributed by atoms with Gasteiger partial charge in [0.05, 0.1) is 12.1 Å². The van der Waals surface area contributed by atoms with Gasteiger partial charge in [-0.3, -0.25) is 9.48 Å². The fourth-order valence-electron chi connectivity index (χ4n) is 2.47. The van der Waals surface area contributed by atoms with Gasteiger partial charge in [0.1, 0.15) is 6.04 Å². The number of rotatable bonds is 8. The summed E-state index contributed by atoms with van der Waals surface area (Å²) in [5.41, 5.74) is 2.69. The van der Waals surface area contributed by atoms with E-state index in [9.17, 15) is 9.59 Å². The maximum atomic E-state index is 12.1. The molecule has 6 nitrogen and oxygen atoms in total. The average molecular weight is 309 g/mol. The van der Waals surface area contributed by atoms with Crippen LogP contribution in [0.15, 0.2) is 0 Å². The number of nitrogens with one attached hydrogen (secondary N) is 1. The van der Waals surface area contributed by atoms with Crippen molar-refractivity contribution >= 4 is 11.9 Å². The smallest absolute Gasteiger partial charge is 0.326 e. The molecule has 0 saturated heterocycles. The van der Waals surface area contributed by atoms with E-state index >= 15 is 0 Å². The summed E-state index contributed by atoms with van der Waals surface area (Å²) in [6.07, 6.45) is 1.32. The van der Waals surface area contributed by atoms with E-state index in [4.69, 9.17) is 5.11 Å². The standard InChI is InChI=1S/C16H27N3O3/c1-6-7-14(16(21)22)17-15(20)8-13-11(4)18-19(12(13)5)9-10(2)3/h10,14H,6-9H2,1-5H3,(H,17,20)(H,21,22). The number of hydrogen-bond donors (Lipinski definition) is 2. The third-order valence-corrected chi connectivity index (χ3v) is 3.62. The van der Waals surface area contributed by atoms with Crippen LogP contribution < -0.4 is 5.32 Å². The lowest BCUT2D eigenvalue weighted by atomic mass is 10.1. The Morgan fingerprint density at radius 1 is 1.32 bits per heavy atom. The Kier molecular flexibility index (Phi) is 6.59. The van der Waals surface area contributed by atoms with E-state index in [1.807, 2.05) is 25.5 Å². The highest BCUT2D eigenvalue weighted by molar-refractivity contribution is 5.85.